The lowest BCUT2D eigenvalue weighted by Crippen LogP contribution is -2.41. The molecule has 6 nitrogen and oxygen atoms in total. The lowest BCUT2D eigenvalue weighted by Gasteiger charge is -2.32. The highest BCUT2D eigenvalue weighted by molar-refractivity contribution is 6.62. The van der Waals surface area contributed by atoms with E-state index in [2.05, 4.69) is 4.99 Å². The van der Waals surface area contributed by atoms with Crippen molar-refractivity contribution in [1.29, 1.82) is 0 Å². The standard InChI is InChI=1S/C19H27BFN3O3/c1-12-10-16(24(7)17(25)15(23-6)8-9-22)14(21)11-13(12)20-26-18(2,3)19(4,5)27-20/h8-11H,22H2,1-7H3. The highest BCUT2D eigenvalue weighted by Crippen LogP contribution is 2.37. The second-order valence-corrected chi connectivity index (χ2v) is 7.58. The molecular weight excluding hydrogens is 348 g/mol. The summed E-state index contributed by atoms with van der Waals surface area (Å²) in [6.45, 7) is 9.59. The Balaban J connectivity index is 2.37. The number of amides is 1. The zero-order valence-corrected chi connectivity index (χ0v) is 17.0. The highest BCUT2D eigenvalue weighted by Gasteiger charge is 2.52. The van der Waals surface area contributed by atoms with Gasteiger partial charge in [0, 0.05) is 14.1 Å². The molecule has 0 spiro atoms. The summed E-state index contributed by atoms with van der Waals surface area (Å²) >= 11 is 0. The van der Waals surface area contributed by atoms with Gasteiger partial charge in [-0.3, -0.25) is 9.79 Å². The smallest absolute Gasteiger partial charge is 0.405 e. The molecule has 0 aromatic heterocycles. The van der Waals surface area contributed by atoms with Crippen LogP contribution in [-0.4, -0.2) is 44.0 Å². The summed E-state index contributed by atoms with van der Waals surface area (Å²) in [4.78, 5) is 17.6. The average molecular weight is 375 g/mol. The van der Waals surface area contributed by atoms with E-state index in [9.17, 15) is 9.18 Å². The first-order chi connectivity index (χ1) is 12.4. The first-order valence-electron chi connectivity index (χ1n) is 8.74. The summed E-state index contributed by atoms with van der Waals surface area (Å²) in [6, 6.07) is 2.96. The fourth-order valence-corrected chi connectivity index (χ4v) is 2.78. The van der Waals surface area contributed by atoms with Gasteiger partial charge in [0.1, 0.15) is 11.5 Å². The highest BCUT2D eigenvalue weighted by atomic mass is 19.1. The Labute approximate surface area is 160 Å². The molecule has 0 unspecified atom stereocenters. The molecule has 0 bridgehead atoms. The number of rotatable bonds is 4. The van der Waals surface area contributed by atoms with E-state index in [1.165, 1.54) is 37.3 Å². The summed E-state index contributed by atoms with van der Waals surface area (Å²) in [5.41, 5.74) is 5.93. The van der Waals surface area contributed by atoms with Gasteiger partial charge in [0.05, 0.1) is 16.9 Å². The summed E-state index contributed by atoms with van der Waals surface area (Å²) in [5.74, 6) is -1.01. The van der Waals surface area contributed by atoms with Crippen LogP contribution in [0, 0.1) is 12.7 Å². The lowest BCUT2D eigenvalue weighted by atomic mass is 9.76. The Morgan fingerprint density at radius 3 is 2.30 bits per heavy atom. The van der Waals surface area contributed by atoms with Crippen LogP contribution in [0.1, 0.15) is 33.3 Å². The molecule has 1 fully saturated rings. The number of benzene rings is 1. The van der Waals surface area contributed by atoms with Gasteiger partial charge in [0.2, 0.25) is 0 Å². The van der Waals surface area contributed by atoms with Gasteiger partial charge in [-0.05, 0) is 70.1 Å². The van der Waals surface area contributed by atoms with Gasteiger partial charge in [-0.2, -0.15) is 0 Å². The number of hydrogen-bond donors (Lipinski definition) is 1. The summed E-state index contributed by atoms with van der Waals surface area (Å²) < 4.78 is 26.9. The first kappa shape index (κ1) is 21.1. The van der Waals surface area contributed by atoms with Crippen LogP contribution in [0.3, 0.4) is 0 Å². The minimum atomic E-state index is -0.674. The number of halogens is 1. The van der Waals surface area contributed by atoms with Crippen molar-refractivity contribution < 1.29 is 18.5 Å². The molecular formula is C19H27BFN3O3. The van der Waals surface area contributed by atoms with Crippen LogP contribution in [0.15, 0.2) is 29.4 Å². The van der Waals surface area contributed by atoms with Crippen LogP contribution < -0.4 is 16.1 Å². The molecule has 0 radical (unpaired) electrons. The van der Waals surface area contributed by atoms with Gasteiger partial charge < -0.3 is 19.9 Å². The van der Waals surface area contributed by atoms with Gasteiger partial charge in [-0.15, -0.1) is 0 Å². The molecule has 2 N–H and O–H groups in total. The normalized spacial score (nSPS) is 19.0. The zero-order valence-electron chi connectivity index (χ0n) is 17.0. The Morgan fingerprint density at radius 1 is 1.26 bits per heavy atom. The molecule has 1 heterocycles. The third-order valence-corrected chi connectivity index (χ3v) is 5.22. The summed E-state index contributed by atoms with van der Waals surface area (Å²) in [6.07, 6.45) is 2.60. The molecule has 1 aromatic carbocycles. The van der Waals surface area contributed by atoms with E-state index >= 15 is 0 Å². The molecule has 2 rings (SSSR count). The van der Waals surface area contributed by atoms with Crippen molar-refractivity contribution in [2.75, 3.05) is 19.0 Å². The van der Waals surface area contributed by atoms with Crippen LogP contribution in [0.25, 0.3) is 0 Å². The molecule has 0 atom stereocenters. The Hall–Kier alpha value is -2.19. The molecule has 27 heavy (non-hydrogen) atoms. The van der Waals surface area contributed by atoms with Crippen molar-refractivity contribution in [3.05, 3.63) is 35.8 Å². The van der Waals surface area contributed by atoms with Gasteiger partial charge >= 0.3 is 7.12 Å². The zero-order chi connectivity index (χ0) is 20.6. The van der Waals surface area contributed by atoms with E-state index in [0.717, 1.165) is 5.56 Å². The number of aryl methyl sites for hydroxylation is 1. The average Bonchev–Trinajstić information content (AvgIpc) is 2.80. The largest absolute Gasteiger partial charge is 0.495 e. The molecule has 146 valence electrons. The fourth-order valence-electron chi connectivity index (χ4n) is 2.78. The van der Waals surface area contributed by atoms with E-state index in [-0.39, 0.29) is 11.4 Å². The van der Waals surface area contributed by atoms with Gasteiger partial charge in [0.15, 0.2) is 0 Å². The van der Waals surface area contributed by atoms with Crippen LogP contribution in [-0.2, 0) is 14.1 Å². The van der Waals surface area contributed by atoms with Crippen molar-refractivity contribution in [1.82, 2.24) is 0 Å². The van der Waals surface area contributed by atoms with E-state index < -0.39 is 30.0 Å². The van der Waals surface area contributed by atoms with Crippen LogP contribution in [0.2, 0.25) is 0 Å². The molecule has 1 aliphatic rings. The van der Waals surface area contributed by atoms with E-state index in [1.807, 2.05) is 34.6 Å². The topological polar surface area (TPSA) is 77.2 Å². The van der Waals surface area contributed by atoms with Crippen LogP contribution >= 0.6 is 0 Å². The Kier molecular flexibility index (Phi) is 5.82. The van der Waals surface area contributed by atoms with Gasteiger partial charge in [-0.1, -0.05) is 0 Å². The third kappa shape index (κ3) is 3.91. The van der Waals surface area contributed by atoms with Gasteiger partial charge in [-0.25, -0.2) is 4.39 Å². The minimum Gasteiger partial charge on any atom is -0.405 e. The maximum atomic E-state index is 14.8. The molecule has 1 aliphatic heterocycles. The Bertz CT molecular complexity index is 790. The molecule has 1 amide bonds. The predicted molar refractivity (Wildman–Crippen MR) is 107 cm³/mol. The molecule has 1 saturated heterocycles. The number of anilines is 1. The Morgan fingerprint density at radius 2 is 1.81 bits per heavy atom. The number of aliphatic imine (C=N–C) groups is 1. The van der Waals surface area contributed by atoms with Crippen LogP contribution in [0.4, 0.5) is 10.1 Å². The number of carbonyl (C=O) groups is 1. The first-order valence-corrected chi connectivity index (χ1v) is 8.74. The maximum Gasteiger partial charge on any atom is 0.495 e. The quantitative estimate of drug-likeness (QED) is 0.645. The molecule has 0 saturated carbocycles. The molecule has 0 aliphatic carbocycles. The van der Waals surface area contributed by atoms with Crippen molar-refractivity contribution in [3.63, 3.8) is 0 Å². The fraction of sp³-hybridized carbons (Fsp3) is 0.474. The predicted octanol–water partition coefficient (Wildman–Crippen LogP) is 1.94. The SMILES string of the molecule is CN=C(C=CN)C(=O)N(C)c1cc(C)c(B2OC(C)(C)C(C)(C)O2)cc1F. The maximum absolute atomic E-state index is 14.8. The molecule has 1 aromatic rings. The van der Waals surface area contributed by atoms with Crippen LogP contribution in [0.5, 0.6) is 0 Å². The van der Waals surface area contributed by atoms with Crippen molar-refractivity contribution in [2.24, 2.45) is 10.7 Å². The van der Waals surface area contributed by atoms with Crippen molar-refractivity contribution >= 4 is 29.9 Å². The van der Waals surface area contributed by atoms with E-state index in [4.69, 9.17) is 15.0 Å². The summed E-state index contributed by atoms with van der Waals surface area (Å²) in [7, 11) is 2.29. The third-order valence-electron chi connectivity index (χ3n) is 5.22. The number of nitrogens with two attached hydrogens (primary N) is 1. The minimum absolute atomic E-state index is 0.132. The van der Waals surface area contributed by atoms with Crippen molar-refractivity contribution in [3.8, 4) is 0 Å². The summed E-state index contributed by atoms with van der Waals surface area (Å²) in [5, 5.41) is 0. The molecule has 8 heteroatoms. The number of hydrogen-bond acceptors (Lipinski definition) is 5. The van der Waals surface area contributed by atoms with E-state index in [0.29, 0.717) is 5.46 Å². The van der Waals surface area contributed by atoms with Gasteiger partial charge in [0.25, 0.3) is 5.91 Å². The van der Waals surface area contributed by atoms with Crippen molar-refractivity contribution in [2.45, 2.75) is 45.8 Å². The monoisotopic (exact) mass is 375 g/mol. The van der Waals surface area contributed by atoms with E-state index in [1.54, 1.807) is 6.07 Å². The second-order valence-electron chi connectivity index (χ2n) is 7.58. The lowest BCUT2D eigenvalue weighted by molar-refractivity contribution is -0.112. The number of nitrogens with zero attached hydrogens (tertiary/aromatic N) is 2. The second kappa shape index (κ2) is 7.44. The number of carbonyl (C=O) groups excluding carboxylic acids is 1.